The summed E-state index contributed by atoms with van der Waals surface area (Å²) < 4.78 is 6.91. The van der Waals surface area contributed by atoms with Crippen LogP contribution >= 0.6 is 0 Å². The summed E-state index contributed by atoms with van der Waals surface area (Å²) in [6.45, 7) is 5.54. The minimum absolute atomic E-state index is 0.0743. The van der Waals surface area contributed by atoms with E-state index in [1.54, 1.807) is 23.9 Å². The van der Waals surface area contributed by atoms with E-state index in [0.29, 0.717) is 19.6 Å². The number of rotatable bonds is 5. The smallest absolute Gasteiger partial charge is 0.246 e. The van der Waals surface area contributed by atoms with Crippen LogP contribution in [0.2, 0.25) is 0 Å². The fourth-order valence-electron chi connectivity index (χ4n) is 2.80. The zero-order chi connectivity index (χ0) is 17.6. The van der Waals surface area contributed by atoms with Crippen molar-refractivity contribution in [2.45, 2.75) is 13.5 Å². The first-order chi connectivity index (χ1) is 12.2. The summed E-state index contributed by atoms with van der Waals surface area (Å²) in [4.78, 5) is 16.0. The number of nitrogens with zero attached hydrogens (tertiary/aromatic N) is 6. The highest BCUT2D eigenvalue weighted by atomic mass is 16.5. The minimum atomic E-state index is 0.0743. The summed E-state index contributed by atoms with van der Waals surface area (Å²) in [6, 6.07) is 7.61. The standard InChI is InChI=1S/C17H22N6O2/c1-3-4-17(24)22-11-9-21(10-12-22)13-16-18-19-20-23(16)14-5-7-15(25-2)8-6-14/h3-8H,9-13H2,1-2H3/b4-3+. The normalized spacial score (nSPS) is 15.7. The molecule has 132 valence electrons. The number of amides is 1. The second-order valence-corrected chi connectivity index (χ2v) is 5.81. The lowest BCUT2D eigenvalue weighted by atomic mass is 10.3. The molecule has 0 radical (unpaired) electrons. The molecule has 1 aromatic heterocycles. The molecular formula is C17H22N6O2. The van der Waals surface area contributed by atoms with Gasteiger partial charge in [0.1, 0.15) is 5.75 Å². The molecule has 0 atom stereocenters. The number of allylic oxidation sites excluding steroid dienone is 1. The van der Waals surface area contributed by atoms with E-state index in [0.717, 1.165) is 30.4 Å². The molecule has 1 aliphatic heterocycles. The van der Waals surface area contributed by atoms with Gasteiger partial charge in [-0.25, -0.2) is 0 Å². The van der Waals surface area contributed by atoms with Crippen molar-refractivity contribution in [2.75, 3.05) is 33.3 Å². The Morgan fingerprint density at radius 1 is 1.20 bits per heavy atom. The quantitative estimate of drug-likeness (QED) is 0.751. The third-order valence-electron chi connectivity index (χ3n) is 4.21. The summed E-state index contributed by atoms with van der Waals surface area (Å²) in [7, 11) is 1.64. The van der Waals surface area contributed by atoms with E-state index in [2.05, 4.69) is 20.4 Å². The van der Waals surface area contributed by atoms with Crippen LogP contribution in [0.25, 0.3) is 5.69 Å². The molecule has 0 bridgehead atoms. The van der Waals surface area contributed by atoms with Gasteiger partial charge in [-0.15, -0.1) is 5.10 Å². The van der Waals surface area contributed by atoms with Gasteiger partial charge in [0.2, 0.25) is 5.91 Å². The van der Waals surface area contributed by atoms with Crippen LogP contribution in [0.3, 0.4) is 0 Å². The first-order valence-corrected chi connectivity index (χ1v) is 8.27. The second kappa shape index (κ2) is 7.89. The molecule has 0 saturated carbocycles. The Bertz CT molecular complexity index is 732. The average molecular weight is 342 g/mol. The summed E-state index contributed by atoms with van der Waals surface area (Å²) in [6.07, 6.45) is 3.39. The Kier molecular flexibility index (Phi) is 5.39. The fourth-order valence-corrected chi connectivity index (χ4v) is 2.80. The number of benzene rings is 1. The highest BCUT2D eigenvalue weighted by Crippen LogP contribution is 2.16. The maximum absolute atomic E-state index is 11.9. The SMILES string of the molecule is C/C=C/C(=O)N1CCN(Cc2nnnn2-c2ccc(OC)cc2)CC1. The molecule has 1 aromatic carbocycles. The Morgan fingerprint density at radius 3 is 2.56 bits per heavy atom. The van der Waals surface area contributed by atoms with Crippen LogP contribution in [-0.4, -0.2) is 69.2 Å². The van der Waals surface area contributed by atoms with E-state index >= 15 is 0 Å². The van der Waals surface area contributed by atoms with E-state index < -0.39 is 0 Å². The molecule has 2 heterocycles. The molecule has 8 nitrogen and oxygen atoms in total. The van der Waals surface area contributed by atoms with Crippen LogP contribution < -0.4 is 4.74 Å². The van der Waals surface area contributed by atoms with Crippen molar-refractivity contribution in [3.8, 4) is 11.4 Å². The molecule has 0 aliphatic carbocycles. The van der Waals surface area contributed by atoms with Gasteiger partial charge in [-0.2, -0.15) is 4.68 Å². The highest BCUT2D eigenvalue weighted by molar-refractivity contribution is 5.87. The zero-order valence-electron chi connectivity index (χ0n) is 14.5. The molecule has 0 spiro atoms. The first-order valence-electron chi connectivity index (χ1n) is 8.27. The van der Waals surface area contributed by atoms with E-state index in [1.807, 2.05) is 36.1 Å². The predicted molar refractivity (Wildman–Crippen MR) is 92.4 cm³/mol. The predicted octanol–water partition coefficient (Wildman–Crippen LogP) is 0.891. The van der Waals surface area contributed by atoms with Gasteiger partial charge < -0.3 is 9.64 Å². The van der Waals surface area contributed by atoms with Crippen molar-refractivity contribution in [2.24, 2.45) is 0 Å². The third kappa shape index (κ3) is 4.03. The summed E-state index contributed by atoms with van der Waals surface area (Å²) in [5.41, 5.74) is 0.891. The first kappa shape index (κ1) is 17.1. The van der Waals surface area contributed by atoms with Crippen LogP contribution in [-0.2, 0) is 11.3 Å². The molecule has 0 N–H and O–H groups in total. The van der Waals surface area contributed by atoms with Crippen molar-refractivity contribution < 1.29 is 9.53 Å². The van der Waals surface area contributed by atoms with Gasteiger partial charge >= 0.3 is 0 Å². The van der Waals surface area contributed by atoms with Crippen LogP contribution in [0.4, 0.5) is 0 Å². The largest absolute Gasteiger partial charge is 0.497 e. The lowest BCUT2D eigenvalue weighted by Crippen LogP contribution is -2.48. The lowest BCUT2D eigenvalue weighted by Gasteiger charge is -2.33. The molecule has 1 aliphatic rings. The van der Waals surface area contributed by atoms with E-state index in [4.69, 9.17) is 4.74 Å². The fraction of sp³-hybridized carbons (Fsp3) is 0.412. The summed E-state index contributed by atoms with van der Waals surface area (Å²) in [5.74, 6) is 1.64. The molecule has 1 amide bonds. The maximum Gasteiger partial charge on any atom is 0.246 e. The van der Waals surface area contributed by atoms with Gasteiger partial charge in [-0.3, -0.25) is 9.69 Å². The highest BCUT2D eigenvalue weighted by Gasteiger charge is 2.21. The van der Waals surface area contributed by atoms with Gasteiger partial charge in [0, 0.05) is 26.2 Å². The van der Waals surface area contributed by atoms with Gasteiger partial charge in [0.25, 0.3) is 0 Å². The molecule has 2 aromatic rings. The molecule has 8 heteroatoms. The number of carbonyl (C=O) groups is 1. The molecule has 0 unspecified atom stereocenters. The Hall–Kier alpha value is -2.74. The number of aromatic nitrogens is 4. The Morgan fingerprint density at radius 2 is 1.92 bits per heavy atom. The molecule has 25 heavy (non-hydrogen) atoms. The number of hydrogen-bond donors (Lipinski definition) is 0. The average Bonchev–Trinajstić information content (AvgIpc) is 3.10. The molecular weight excluding hydrogens is 320 g/mol. The molecule has 1 saturated heterocycles. The van der Waals surface area contributed by atoms with Crippen molar-refractivity contribution in [3.05, 3.63) is 42.2 Å². The van der Waals surface area contributed by atoms with Crippen molar-refractivity contribution in [1.82, 2.24) is 30.0 Å². The second-order valence-electron chi connectivity index (χ2n) is 5.81. The zero-order valence-corrected chi connectivity index (χ0v) is 14.5. The summed E-state index contributed by atoms with van der Waals surface area (Å²) in [5, 5.41) is 12.0. The van der Waals surface area contributed by atoms with Crippen LogP contribution in [0.1, 0.15) is 12.7 Å². The summed E-state index contributed by atoms with van der Waals surface area (Å²) >= 11 is 0. The van der Waals surface area contributed by atoms with Gasteiger partial charge in [0.05, 0.1) is 19.3 Å². The van der Waals surface area contributed by atoms with Gasteiger partial charge in [-0.05, 0) is 47.7 Å². The van der Waals surface area contributed by atoms with Crippen molar-refractivity contribution >= 4 is 5.91 Å². The number of hydrogen-bond acceptors (Lipinski definition) is 6. The monoisotopic (exact) mass is 342 g/mol. The molecule has 3 rings (SSSR count). The van der Waals surface area contributed by atoms with Crippen LogP contribution in [0, 0.1) is 0 Å². The number of methoxy groups -OCH3 is 1. The number of ether oxygens (including phenoxy) is 1. The number of piperazine rings is 1. The number of tetrazole rings is 1. The van der Waals surface area contributed by atoms with Gasteiger partial charge in [0.15, 0.2) is 5.82 Å². The van der Waals surface area contributed by atoms with E-state index in [-0.39, 0.29) is 5.91 Å². The number of carbonyl (C=O) groups excluding carboxylic acids is 1. The van der Waals surface area contributed by atoms with Crippen LogP contribution in [0.15, 0.2) is 36.4 Å². The third-order valence-corrected chi connectivity index (χ3v) is 4.21. The van der Waals surface area contributed by atoms with Crippen molar-refractivity contribution in [1.29, 1.82) is 0 Å². The Labute approximate surface area is 146 Å². The Balaban J connectivity index is 1.63. The van der Waals surface area contributed by atoms with Crippen LogP contribution in [0.5, 0.6) is 5.75 Å². The van der Waals surface area contributed by atoms with Gasteiger partial charge in [-0.1, -0.05) is 6.08 Å². The minimum Gasteiger partial charge on any atom is -0.497 e. The van der Waals surface area contributed by atoms with Crippen molar-refractivity contribution in [3.63, 3.8) is 0 Å². The van der Waals surface area contributed by atoms with E-state index in [9.17, 15) is 4.79 Å². The lowest BCUT2D eigenvalue weighted by molar-refractivity contribution is -0.127. The van der Waals surface area contributed by atoms with E-state index in [1.165, 1.54) is 0 Å². The topological polar surface area (TPSA) is 76.4 Å². The maximum atomic E-state index is 11.9. The molecule has 1 fully saturated rings.